The summed E-state index contributed by atoms with van der Waals surface area (Å²) in [6, 6.07) is 12.0. The van der Waals surface area contributed by atoms with Crippen molar-refractivity contribution in [2.75, 3.05) is 12.4 Å². The molecule has 0 unspecified atom stereocenters. The number of anilines is 1. The highest BCUT2D eigenvalue weighted by atomic mass is 35.5. The predicted molar refractivity (Wildman–Crippen MR) is 90.0 cm³/mol. The van der Waals surface area contributed by atoms with Crippen LogP contribution in [-0.2, 0) is 0 Å². The number of carbonyl (C=O) groups is 1. The van der Waals surface area contributed by atoms with Gasteiger partial charge in [0.25, 0.3) is 0 Å². The van der Waals surface area contributed by atoms with Crippen LogP contribution in [0.15, 0.2) is 51.9 Å². The van der Waals surface area contributed by atoms with Crippen molar-refractivity contribution in [2.24, 2.45) is 0 Å². The van der Waals surface area contributed by atoms with Gasteiger partial charge in [-0.05, 0) is 48.3 Å². The van der Waals surface area contributed by atoms with E-state index in [0.29, 0.717) is 21.8 Å². The van der Waals surface area contributed by atoms with Crippen molar-refractivity contribution in [2.45, 2.75) is 4.90 Å². The van der Waals surface area contributed by atoms with Gasteiger partial charge in [-0.1, -0.05) is 16.8 Å². The van der Waals surface area contributed by atoms with Crippen LogP contribution in [0.5, 0.6) is 5.75 Å². The molecule has 2 aromatic carbocycles. The Morgan fingerprint density at radius 1 is 1.26 bits per heavy atom. The summed E-state index contributed by atoms with van der Waals surface area (Å²) < 4.78 is 12.9. The molecule has 0 saturated carbocycles. The van der Waals surface area contributed by atoms with Crippen molar-refractivity contribution in [3.05, 3.63) is 47.5 Å². The van der Waals surface area contributed by atoms with E-state index in [1.807, 2.05) is 24.3 Å². The normalized spacial score (nSPS) is 10.5. The first-order valence-corrected chi connectivity index (χ1v) is 7.78. The lowest BCUT2D eigenvalue weighted by atomic mass is 10.2. The van der Waals surface area contributed by atoms with Crippen LogP contribution in [0.25, 0.3) is 11.0 Å². The maximum absolute atomic E-state index is 11.9. The molecule has 0 aliphatic carbocycles. The predicted octanol–water partition coefficient (Wildman–Crippen LogP) is 4.32. The first-order chi connectivity index (χ1) is 11.2. The zero-order valence-corrected chi connectivity index (χ0v) is 13.6. The summed E-state index contributed by atoms with van der Waals surface area (Å²) in [4.78, 5) is 12.8. The molecule has 3 rings (SSSR count). The van der Waals surface area contributed by atoms with Crippen LogP contribution in [0.2, 0.25) is 5.02 Å². The molecule has 6 nitrogen and oxygen atoms in total. The number of nitrogens with one attached hydrogen (secondary N) is 2. The number of aromatic nitrogens is 1. The molecule has 0 radical (unpaired) electrons. The highest BCUT2D eigenvalue weighted by Crippen LogP contribution is 2.26. The monoisotopic (exact) mass is 349 g/mol. The molecule has 3 aromatic rings. The van der Waals surface area contributed by atoms with Gasteiger partial charge in [-0.15, -0.1) is 0 Å². The van der Waals surface area contributed by atoms with Crippen LogP contribution in [0.4, 0.5) is 10.6 Å². The topological polar surface area (TPSA) is 76.4 Å². The minimum Gasteiger partial charge on any atom is -0.497 e. The number of methoxy groups -OCH3 is 1. The zero-order valence-electron chi connectivity index (χ0n) is 12.0. The molecule has 2 N–H and O–H groups in total. The molecule has 1 aromatic heterocycles. The molecule has 0 saturated heterocycles. The standard InChI is InChI=1S/C15H12ClN3O3S/c1-21-10-3-5-11(6-4-10)23-19-15(20)17-14-12-7-2-9(16)8-13(12)22-18-14/h2-8H,1H3,(H2,17,18,19,20). The zero-order chi connectivity index (χ0) is 16.2. The highest BCUT2D eigenvalue weighted by molar-refractivity contribution is 7.98. The molecule has 1 heterocycles. The lowest BCUT2D eigenvalue weighted by Gasteiger charge is -2.05. The van der Waals surface area contributed by atoms with Crippen molar-refractivity contribution < 1.29 is 14.1 Å². The molecule has 0 bridgehead atoms. The lowest BCUT2D eigenvalue weighted by molar-refractivity contribution is 0.257. The second-order valence-electron chi connectivity index (χ2n) is 4.51. The third-order valence-corrected chi connectivity index (χ3v) is 4.02. The van der Waals surface area contributed by atoms with Gasteiger partial charge in [0.15, 0.2) is 11.4 Å². The fourth-order valence-corrected chi connectivity index (χ4v) is 2.58. The molecule has 0 aliphatic rings. The van der Waals surface area contributed by atoms with Gasteiger partial charge in [0.05, 0.1) is 12.5 Å². The number of carbonyl (C=O) groups excluding carboxylic acids is 1. The van der Waals surface area contributed by atoms with Gasteiger partial charge in [-0.25, -0.2) is 4.79 Å². The van der Waals surface area contributed by atoms with Crippen LogP contribution in [0.1, 0.15) is 0 Å². The van der Waals surface area contributed by atoms with Crippen molar-refractivity contribution in [1.29, 1.82) is 0 Å². The van der Waals surface area contributed by atoms with Gasteiger partial charge in [0.2, 0.25) is 0 Å². The summed E-state index contributed by atoms with van der Waals surface area (Å²) in [5, 5.41) is 7.68. The maximum Gasteiger partial charge on any atom is 0.330 e. The number of rotatable bonds is 4. The molecule has 0 atom stereocenters. The minimum atomic E-state index is -0.407. The molecule has 0 spiro atoms. The summed E-state index contributed by atoms with van der Waals surface area (Å²) in [5.74, 6) is 1.09. The van der Waals surface area contributed by atoms with E-state index < -0.39 is 6.03 Å². The molecular formula is C15H12ClN3O3S. The van der Waals surface area contributed by atoms with Crippen molar-refractivity contribution >= 4 is 46.4 Å². The average Bonchev–Trinajstić information content (AvgIpc) is 2.95. The number of benzene rings is 2. The largest absolute Gasteiger partial charge is 0.497 e. The highest BCUT2D eigenvalue weighted by Gasteiger charge is 2.11. The van der Waals surface area contributed by atoms with Crippen LogP contribution < -0.4 is 14.8 Å². The Hall–Kier alpha value is -2.38. The number of fused-ring (bicyclic) bond motifs is 1. The van der Waals surface area contributed by atoms with Gasteiger partial charge in [-0.2, -0.15) is 0 Å². The summed E-state index contributed by atoms with van der Waals surface area (Å²) in [5.41, 5.74) is 0.510. The van der Waals surface area contributed by atoms with Crippen LogP contribution >= 0.6 is 23.5 Å². The minimum absolute atomic E-state index is 0.337. The van der Waals surface area contributed by atoms with E-state index in [1.54, 1.807) is 25.3 Å². The van der Waals surface area contributed by atoms with E-state index in [0.717, 1.165) is 10.6 Å². The van der Waals surface area contributed by atoms with E-state index in [2.05, 4.69) is 15.2 Å². The molecule has 0 aliphatic heterocycles. The van der Waals surface area contributed by atoms with E-state index in [9.17, 15) is 4.79 Å². The van der Waals surface area contributed by atoms with Crippen LogP contribution in [0.3, 0.4) is 0 Å². The van der Waals surface area contributed by atoms with Crippen molar-refractivity contribution in [3.63, 3.8) is 0 Å². The number of amides is 2. The number of hydrogen-bond donors (Lipinski definition) is 2. The molecular weight excluding hydrogens is 338 g/mol. The Morgan fingerprint density at radius 3 is 2.78 bits per heavy atom. The SMILES string of the molecule is COc1ccc(SNC(=O)Nc2noc3cc(Cl)ccc23)cc1. The summed E-state index contributed by atoms with van der Waals surface area (Å²) >= 11 is 7.05. The van der Waals surface area contributed by atoms with Gasteiger partial charge in [-0.3, -0.25) is 10.0 Å². The van der Waals surface area contributed by atoms with E-state index >= 15 is 0 Å². The summed E-state index contributed by atoms with van der Waals surface area (Å²) in [7, 11) is 1.60. The second kappa shape index (κ2) is 6.80. The molecule has 23 heavy (non-hydrogen) atoms. The Balaban J connectivity index is 1.62. The Morgan fingerprint density at radius 2 is 2.04 bits per heavy atom. The third kappa shape index (κ3) is 3.69. The smallest absolute Gasteiger partial charge is 0.330 e. The van der Waals surface area contributed by atoms with Crippen LogP contribution in [0, 0.1) is 0 Å². The van der Waals surface area contributed by atoms with Gasteiger partial charge >= 0.3 is 6.03 Å². The average molecular weight is 350 g/mol. The molecule has 0 fully saturated rings. The first-order valence-electron chi connectivity index (χ1n) is 6.58. The number of nitrogens with zero attached hydrogens (tertiary/aromatic N) is 1. The van der Waals surface area contributed by atoms with Crippen molar-refractivity contribution in [1.82, 2.24) is 9.88 Å². The van der Waals surface area contributed by atoms with Crippen LogP contribution in [-0.4, -0.2) is 18.3 Å². The summed E-state index contributed by atoms with van der Waals surface area (Å²) in [6.45, 7) is 0. The number of urea groups is 1. The van der Waals surface area contributed by atoms with Gasteiger partial charge < -0.3 is 9.26 Å². The molecule has 2 amide bonds. The summed E-state index contributed by atoms with van der Waals surface area (Å²) in [6.07, 6.45) is 0. The first kappa shape index (κ1) is 15.5. The molecule has 118 valence electrons. The lowest BCUT2D eigenvalue weighted by Crippen LogP contribution is -2.22. The van der Waals surface area contributed by atoms with E-state index in [1.165, 1.54) is 11.9 Å². The maximum atomic E-state index is 11.9. The Bertz CT molecular complexity index is 836. The number of halogens is 1. The van der Waals surface area contributed by atoms with Crippen molar-refractivity contribution in [3.8, 4) is 5.75 Å². The molecule has 8 heteroatoms. The van der Waals surface area contributed by atoms with Gasteiger partial charge in [0, 0.05) is 16.0 Å². The second-order valence-corrected chi connectivity index (χ2v) is 5.82. The number of ether oxygens (including phenoxy) is 1. The van der Waals surface area contributed by atoms with E-state index in [4.69, 9.17) is 20.9 Å². The fraction of sp³-hybridized carbons (Fsp3) is 0.0667. The van der Waals surface area contributed by atoms with Gasteiger partial charge in [0.1, 0.15) is 5.75 Å². The quantitative estimate of drug-likeness (QED) is 0.686. The number of hydrogen-bond acceptors (Lipinski definition) is 5. The Labute approximate surface area is 141 Å². The Kier molecular flexibility index (Phi) is 4.59. The van der Waals surface area contributed by atoms with E-state index in [-0.39, 0.29) is 0 Å². The fourth-order valence-electron chi connectivity index (χ4n) is 1.88. The third-order valence-electron chi connectivity index (χ3n) is 2.99.